The largest absolute Gasteiger partial charge is 0.370 e. The summed E-state index contributed by atoms with van der Waals surface area (Å²) >= 11 is 0. The summed E-state index contributed by atoms with van der Waals surface area (Å²) in [7, 11) is 0. The zero-order chi connectivity index (χ0) is 9.78. The highest BCUT2D eigenvalue weighted by atomic mass is 19.3. The molecule has 0 rings (SSSR count). The minimum Gasteiger partial charge on any atom is -0.370 e. The first-order valence-corrected chi connectivity index (χ1v) is 3.65. The summed E-state index contributed by atoms with van der Waals surface area (Å²) in [4.78, 5) is 10.5. The fourth-order valence-electron chi connectivity index (χ4n) is 0.852. The number of nitrogens with one attached hydrogen (secondary N) is 1. The van der Waals surface area contributed by atoms with E-state index in [0.29, 0.717) is 0 Å². The molecule has 0 unspecified atom stereocenters. The smallest absolute Gasteiger partial charge is 0.250 e. The zero-order valence-corrected chi connectivity index (χ0v) is 7.23. The van der Waals surface area contributed by atoms with E-state index in [2.05, 4.69) is 5.32 Å². The number of hydrogen-bond acceptors (Lipinski definition) is 2. The van der Waals surface area contributed by atoms with Gasteiger partial charge in [-0.1, -0.05) is 0 Å². The van der Waals surface area contributed by atoms with Crippen LogP contribution in [-0.2, 0) is 4.79 Å². The van der Waals surface area contributed by atoms with Crippen LogP contribution in [0.25, 0.3) is 0 Å². The Morgan fingerprint density at radius 3 is 2.42 bits per heavy atom. The van der Waals surface area contributed by atoms with Crippen LogP contribution in [0.15, 0.2) is 0 Å². The molecule has 72 valence electrons. The van der Waals surface area contributed by atoms with Gasteiger partial charge < -0.3 is 11.1 Å². The van der Waals surface area contributed by atoms with Gasteiger partial charge in [-0.25, -0.2) is 8.78 Å². The summed E-state index contributed by atoms with van der Waals surface area (Å²) in [5, 5.41) is 2.54. The highest BCUT2D eigenvalue weighted by Gasteiger charge is 2.20. The van der Waals surface area contributed by atoms with Gasteiger partial charge in [0.15, 0.2) is 0 Å². The Morgan fingerprint density at radius 1 is 1.58 bits per heavy atom. The first-order valence-electron chi connectivity index (χ1n) is 3.65. The molecule has 1 amide bonds. The van der Waals surface area contributed by atoms with Gasteiger partial charge in [-0.3, -0.25) is 4.79 Å². The van der Waals surface area contributed by atoms with E-state index >= 15 is 0 Å². The highest BCUT2D eigenvalue weighted by Crippen LogP contribution is 2.07. The van der Waals surface area contributed by atoms with Crippen LogP contribution >= 0.6 is 0 Å². The third-order valence-corrected chi connectivity index (χ3v) is 1.35. The maximum absolute atomic E-state index is 11.7. The van der Waals surface area contributed by atoms with E-state index in [0.717, 1.165) is 0 Å². The van der Waals surface area contributed by atoms with Crippen LogP contribution in [0.5, 0.6) is 0 Å². The summed E-state index contributed by atoms with van der Waals surface area (Å²) < 4.78 is 23.4. The van der Waals surface area contributed by atoms with Crippen molar-refractivity contribution in [2.24, 2.45) is 5.73 Å². The molecular weight excluding hydrogens is 166 g/mol. The van der Waals surface area contributed by atoms with Crippen LogP contribution in [-0.4, -0.2) is 24.4 Å². The summed E-state index contributed by atoms with van der Waals surface area (Å²) in [6.07, 6.45) is -2.35. The molecule has 0 aliphatic heterocycles. The van der Waals surface area contributed by atoms with Gasteiger partial charge in [-0.15, -0.1) is 0 Å². The molecule has 0 aromatic heterocycles. The number of amides is 1. The van der Waals surface area contributed by atoms with Crippen molar-refractivity contribution in [3.05, 3.63) is 0 Å². The van der Waals surface area contributed by atoms with E-state index in [1.807, 2.05) is 0 Å². The average Bonchev–Trinajstić information content (AvgIpc) is 1.81. The number of rotatable bonds is 5. The van der Waals surface area contributed by atoms with Crippen molar-refractivity contribution in [2.45, 2.75) is 32.2 Å². The molecule has 0 saturated carbocycles. The molecule has 0 aromatic rings. The highest BCUT2D eigenvalue weighted by molar-refractivity contribution is 5.74. The Hall–Kier alpha value is -0.710. The molecule has 0 spiro atoms. The van der Waals surface area contributed by atoms with Crippen LogP contribution in [0.4, 0.5) is 8.78 Å². The fraction of sp³-hybridized carbons (Fsp3) is 0.857. The molecule has 0 saturated heterocycles. The number of alkyl halides is 2. The van der Waals surface area contributed by atoms with Gasteiger partial charge >= 0.3 is 0 Å². The normalized spacial score (nSPS) is 12.1. The van der Waals surface area contributed by atoms with Crippen molar-refractivity contribution in [3.8, 4) is 0 Å². The summed E-state index contributed by atoms with van der Waals surface area (Å²) in [5.74, 6) is -0.498. The summed E-state index contributed by atoms with van der Waals surface area (Å²) in [6.45, 7) is 2.89. The van der Waals surface area contributed by atoms with Gasteiger partial charge in [0, 0.05) is 12.0 Å². The minimum absolute atomic E-state index is 0.0553. The first kappa shape index (κ1) is 11.3. The molecule has 0 aliphatic rings. The van der Waals surface area contributed by atoms with Crippen LogP contribution in [0.2, 0.25) is 0 Å². The van der Waals surface area contributed by atoms with E-state index in [1.54, 1.807) is 13.8 Å². The SMILES string of the molecule is CC(C)(CC(N)=O)NCC(F)F. The maximum Gasteiger partial charge on any atom is 0.250 e. The molecular formula is C7H14F2N2O. The van der Waals surface area contributed by atoms with Crippen LogP contribution in [0, 0.1) is 0 Å². The van der Waals surface area contributed by atoms with Gasteiger partial charge in [-0.2, -0.15) is 0 Å². The van der Waals surface area contributed by atoms with E-state index in [9.17, 15) is 13.6 Å². The third kappa shape index (κ3) is 6.03. The molecule has 0 radical (unpaired) electrons. The fourth-order valence-corrected chi connectivity index (χ4v) is 0.852. The van der Waals surface area contributed by atoms with Crippen molar-refractivity contribution in [2.75, 3.05) is 6.54 Å². The molecule has 0 heterocycles. The predicted octanol–water partition coefficient (Wildman–Crippen LogP) is 0.495. The predicted molar refractivity (Wildman–Crippen MR) is 41.9 cm³/mol. The third-order valence-electron chi connectivity index (χ3n) is 1.35. The number of nitrogens with two attached hydrogens (primary N) is 1. The lowest BCUT2D eigenvalue weighted by Crippen LogP contribution is -2.44. The Morgan fingerprint density at radius 2 is 2.08 bits per heavy atom. The number of halogens is 2. The minimum atomic E-state index is -2.41. The molecule has 3 nitrogen and oxygen atoms in total. The zero-order valence-electron chi connectivity index (χ0n) is 7.23. The van der Waals surface area contributed by atoms with Crippen molar-refractivity contribution >= 4 is 5.91 Å². The molecule has 0 fully saturated rings. The molecule has 5 heteroatoms. The Balaban J connectivity index is 3.78. The van der Waals surface area contributed by atoms with E-state index < -0.39 is 24.4 Å². The van der Waals surface area contributed by atoms with Crippen LogP contribution < -0.4 is 11.1 Å². The lowest BCUT2D eigenvalue weighted by molar-refractivity contribution is -0.119. The van der Waals surface area contributed by atoms with Gasteiger partial charge in [0.25, 0.3) is 6.43 Å². The van der Waals surface area contributed by atoms with E-state index in [4.69, 9.17) is 5.73 Å². The molecule has 3 N–H and O–H groups in total. The lowest BCUT2D eigenvalue weighted by atomic mass is 10.0. The molecule has 0 atom stereocenters. The Labute approximate surface area is 70.3 Å². The van der Waals surface area contributed by atoms with Crippen molar-refractivity contribution < 1.29 is 13.6 Å². The van der Waals surface area contributed by atoms with Crippen LogP contribution in [0.1, 0.15) is 20.3 Å². The van der Waals surface area contributed by atoms with Gasteiger partial charge in [0.2, 0.25) is 5.91 Å². The number of carbonyl (C=O) groups is 1. The molecule has 12 heavy (non-hydrogen) atoms. The monoisotopic (exact) mass is 180 g/mol. The second-order valence-corrected chi connectivity index (χ2v) is 3.30. The van der Waals surface area contributed by atoms with Crippen LogP contribution in [0.3, 0.4) is 0 Å². The van der Waals surface area contributed by atoms with Crippen molar-refractivity contribution in [1.29, 1.82) is 0 Å². The number of primary amides is 1. The lowest BCUT2D eigenvalue weighted by Gasteiger charge is -2.24. The Kier molecular flexibility index (Phi) is 4.09. The topological polar surface area (TPSA) is 55.1 Å². The first-order chi connectivity index (χ1) is 5.33. The molecule has 0 aromatic carbocycles. The summed E-state index contributed by atoms with van der Waals surface area (Å²) in [5.41, 5.74) is 4.27. The number of hydrogen-bond donors (Lipinski definition) is 2. The quantitative estimate of drug-likeness (QED) is 0.647. The van der Waals surface area contributed by atoms with Gasteiger partial charge in [0.05, 0.1) is 6.54 Å². The maximum atomic E-state index is 11.7. The van der Waals surface area contributed by atoms with E-state index in [1.165, 1.54) is 0 Å². The Bertz CT molecular complexity index is 159. The van der Waals surface area contributed by atoms with Crippen molar-refractivity contribution in [1.82, 2.24) is 5.32 Å². The second-order valence-electron chi connectivity index (χ2n) is 3.30. The van der Waals surface area contributed by atoms with E-state index in [-0.39, 0.29) is 6.42 Å². The van der Waals surface area contributed by atoms with Crippen molar-refractivity contribution in [3.63, 3.8) is 0 Å². The molecule has 0 aliphatic carbocycles. The summed E-state index contributed by atoms with van der Waals surface area (Å²) in [6, 6.07) is 0. The van der Waals surface area contributed by atoms with Gasteiger partial charge in [-0.05, 0) is 13.8 Å². The number of carbonyl (C=O) groups excluding carboxylic acids is 1. The standard InChI is InChI=1S/C7H14F2N2O/c1-7(2,3-6(10)12)11-4-5(8)9/h5,11H,3-4H2,1-2H3,(H2,10,12). The average molecular weight is 180 g/mol. The second kappa shape index (κ2) is 4.35. The van der Waals surface area contributed by atoms with Gasteiger partial charge in [0.1, 0.15) is 0 Å². The molecule has 0 bridgehead atoms.